The van der Waals surface area contributed by atoms with Crippen LogP contribution in [-0.2, 0) is 22.2 Å². The van der Waals surface area contributed by atoms with Crippen molar-refractivity contribution >= 4 is 45.4 Å². The number of urea groups is 1. The second kappa shape index (κ2) is 7.19. The molecule has 1 aromatic carbocycles. The predicted octanol–water partition coefficient (Wildman–Crippen LogP) is 2.74. The molecule has 132 valence electrons. The van der Waals surface area contributed by atoms with E-state index in [0.29, 0.717) is 0 Å². The highest BCUT2D eigenvalue weighted by Crippen LogP contribution is 2.26. The summed E-state index contributed by atoms with van der Waals surface area (Å²) < 4.78 is 26.4. The van der Waals surface area contributed by atoms with Crippen molar-refractivity contribution in [2.45, 2.75) is 24.0 Å². The number of rotatable bonds is 3. The van der Waals surface area contributed by atoms with Crippen LogP contribution in [0.4, 0.5) is 10.7 Å². The summed E-state index contributed by atoms with van der Waals surface area (Å²) in [7, 11) is -4.09. The number of anilines is 1. The van der Waals surface area contributed by atoms with E-state index in [1.54, 1.807) is 17.8 Å². The fourth-order valence-corrected chi connectivity index (χ4v) is 4.91. The Hall–Kier alpha value is -1.84. The zero-order valence-electron chi connectivity index (χ0n) is 13.2. The highest BCUT2D eigenvalue weighted by Gasteiger charge is 2.22. The van der Waals surface area contributed by atoms with Crippen molar-refractivity contribution in [1.29, 1.82) is 0 Å². The molecule has 2 heterocycles. The lowest BCUT2D eigenvalue weighted by molar-refractivity contribution is 0.256. The molecule has 0 atom stereocenters. The van der Waals surface area contributed by atoms with Gasteiger partial charge in [0.15, 0.2) is 0 Å². The van der Waals surface area contributed by atoms with E-state index in [1.807, 2.05) is 11.6 Å². The number of halogens is 1. The number of benzene rings is 1. The maximum absolute atomic E-state index is 12.3. The third-order valence-electron chi connectivity index (χ3n) is 3.61. The van der Waals surface area contributed by atoms with E-state index >= 15 is 0 Å². The Morgan fingerprint density at radius 3 is 2.80 bits per heavy atom. The number of thioether (sulfide) groups is 1. The minimum absolute atomic E-state index is 0.0289. The van der Waals surface area contributed by atoms with Gasteiger partial charge in [-0.2, -0.15) is 11.8 Å². The van der Waals surface area contributed by atoms with Gasteiger partial charge in [-0.05, 0) is 31.2 Å². The number of hydrogen-bond acceptors (Lipinski definition) is 6. The number of hydrogen-bond donors (Lipinski definition) is 2. The number of aromatic nitrogens is 2. The monoisotopic (exact) mass is 398 g/mol. The minimum atomic E-state index is -4.09. The lowest BCUT2D eigenvalue weighted by Gasteiger charge is -2.17. The fourth-order valence-electron chi connectivity index (χ4n) is 2.42. The second-order valence-electron chi connectivity index (χ2n) is 5.35. The van der Waals surface area contributed by atoms with Crippen LogP contribution >= 0.6 is 23.4 Å². The van der Waals surface area contributed by atoms with Crippen LogP contribution in [0, 0.1) is 6.92 Å². The van der Waals surface area contributed by atoms with Crippen molar-refractivity contribution in [3.05, 3.63) is 46.2 Å². The van der Waals surface area contributed by atoms with Gasteiger partial charge in [0.2, 0.25) is 5.95 Å². The first-order valence-electron chi connectivity index (χ1n) is 7.39. The molecule has 7 nitrogen and oxygen atoms in total. The summed E-state index contributed by atoms with van der Waals surface area (Å²) >= 11 is 7.68. The number of nitrogens with zero attached hydrogens (tertiary/aromatic N) is 2. The Morgan fingerprint density at radius 2 is 2.04 bits per heavy atom. The quantitative estimate of drug-likeness (QED) is 0.824. The Kier molecular flexibility index (Phi) is 5.16. The highest BCUT2D eigenvalue weighted by molar-refractivity contribution is 7.98. The van der Waals surface area contributed by atoms with Crippen LogP contribution < -0.4 is 10.0 Å². The molecule has 1 aliphatic rings. The number of nitrogens with one attached hydrogen (secondary N) is 2. The second-order valence-corrected chi connectivity index (χ2v) is 8.51. The summed E-state index contributed by atoms with van der Waals surface area (Å²) in [5, 5.41) is 2.41. The van der Waals surface area contributed by atoms with Crippen LogP contribution in [0.15, 0.2) is 29.2 Å². The minimum Gasteiger partial charge on any atom is -0.275 e. The molecule has 2 aromatic rings. The van der Waals surface area contributed by atoms with Crippen LogP contribution in [0.3, 0.4) is 0 Å². The highest BCUT2D eigenvalue weighted by atomic mass is 35.5. The Morgan fingerprint density at radius 1 is 1.28 bits per heavy atom. The van der Waals surface area contributed by atoms with Crippen molar-refractivity contribution in [2.24, 2.45) is 0 Å². The molecule has 0 radical (unpaired) electrons. The van der Waals surface area contributed by atoms with Crippen LogP contribution in [0.25, 0.3) is 0 Å². The van der Waals surface area contributed by atoms with E-state index in [0.717, 1.165) is 34.9 Å². The van der Waals surface area contributed by atoms with E-state index in [1.165, 1.54) is 18.2 Å². The smallest absolute Gasteiger partial charge is 0.275 e. The predicted molar refractivity (Wildman–Crippen MR) is 97.4 cm³/mol. The van der Waals surface area contributed by atoms with Gasteiger partial charge in [-0.15, -0.1) is 0 Å². The topological polar surface area (TPSA) is 101 Å². The van der Waals surface area contributed by atoms with E-state index < -0.39 is 16.1 Å². The summed E-state index contributed by atoms with van der Waals surface area (Å²) in [6.07, 6.45) is 0.789. The Balaban J connectivity index is 1.77. The van der Waals surface area contributed by atoms with Gasteiger partial charge in [-0.25, -0.2) is 27.9 Å². The van der Waals surface area contributed by atoms with Gasteiger partial charge >= 0.3 is 6.03 Å². The molecule has 0 spiro atoms. The molecule has 1 aliphatic heterocycles. The van der Waals surface area contributed by atoms with Crippen molar-refractivity contribution < 1.29 is 13.2 Å². The van der Waals surface area contributed by atoms with E-state index in [9.17, 15) is 13.2 Å². The van der Waals surface area contributed by atoms with Gasteiger partial charge in [0.1, 0.15) is 4.90 Å². The molecule has 0 saturated heterocycles. The van der Waals surface area contributed by atoms with Gasteiger partial charge in [-0.1, -0.05) is 23.7 Å². The number of sulfonamides is 1. The SMILES string of the molecule is Cc1nc(NC(=O)NS(=O)(=O)c2ccccc2Cl)nc2c1CSCC2. The lowest BCUT2D eigenvalue weighted by Crippen LogP contribution is -2.35. The number of fused-ring (bicyclic) bond motifs is 1. The maximum atomic E-state index is 12.3. The Bertz CT molecular complexity index is 934. The van der Waals surface area contributed by atoms with Crippen LogP contribution in [-0.4, -0.2) is 30.2 Å². The first-order chi connectivity index (χ1) is 11.9. The normalized spacial score (nSPS) is 13.8. The molecule has 0 bridgehead atoms. The molecule has 3 rings (SSSR count). The first kappa shape index (κ1) is 18.0. The van der Waals surface area contributed by atoms with Gasteiger partial charge < -0.3 is 0 Å². The van der Waals surface area contributed by atoms with E-state index in [4.69, 9.17) is 11.6 Å². The van der Waals surface area contributed by atoms with Crippen LogP contribution in [0.2, 0.25) is 5.02 Å². The zero-order chi connectivity index (χ0) is 18.0. The van der Waals surface area contributed by atoms with E-state index in [2.05, 4.69) is 15.3 Å². The van der Waals surface area contributed by atoms with E-state index in [-0.39, 0.29) is 15.9 Å². The molecular weight excluding hydrogens is 384 g/mol. The summed E-state index contributed by atoms with van der Waals surface area (Å²) in [6, 6.07) is 4.93. The fraction of sp³-hybridized carbons (Fsp3) is 0.267. The molecule has 0 fully saturated rings. The average molecular weight is 399 g/mol. The molecule has 2 amide bonds. The third-order valence-corrected chi connectivity index (χ3v) is 6.42. The summed E-state index contributed by atoms with van der Waals surface area (Å²) in [6.45, 7) is 1.84. The summed E-state index contributed by atoms with van der Waals surface area (Å²) in [5.74, 6) is 1.87. The number of aryl methyl sites for hydroxylation is 2. The van der Waals surface area contributed by atoms with Gasteiger partial charge in [0.05, 0.1) is 10.7 Å². The first-order valence-corrected chi connectivity index (χ1v) is 10.4. The third kappa shape index (κ3) is 4.05. The van der Waals surface area contributed by atoms with Crippen LogP contribution in [0.1, 0.15) is 17.0 Å². The molecule has 0 unspecified atom stereocenters. The van der Waals surface area contributed by atoms with Crippen molar-refractivity contribution in [3.63, 3.8) is 0 Å². The van der Waals surface area contributed by atoms with Gasteiger partial charge in [0.25, 0.3) is 10.0 Å². The zero-order valence-corrected chi connectivity index (χ0v) is 15.6. The van der Waals surface area contributed by atoms with Crippen molar-refractivity contribution in [1.82, 2.24) is 14.7 Å². The van der Waals surface area contributed by atoms with Gasteiger partial charge in [0, 0.05) is 17.0 Å². The van der Waals surface area contributed by atoms with Crippen molar-refractivity contribution in [3.8, 4) is 0 Å². The summed E-state index contributed by atoms with van der Waals surface area (Å²) in [5.41, 5.74) is 2.74. The Labute approximate surface area is 154 Å². The molecule has 1 aromatic heterocycles. The molecule has 10 heteroatoms. The largest absolute Gasteiger partial charge is 0.335 e. The van der Waals surface area contributed by atoms with Crippen molar-refractivity contribution in [2.75, 3.05) is 11.1 Å². The number of carbonyl (C=O) groups is 1. The maximum Gasteiger partial charge on any atom is 0.335 e. The summed E-state index contributed by atoms with van der Waals surface area (Å²) in [4.78, 5) is 20.4. The number of carbonyl (C=O) groups excluding carboxylic acids is 1. The standard InChI is InChI=1S/C15H15ClN4O3S2/c1-9-10-8-24-7-6-12(10)18-14(17-9)19-15(21)20-25(22,23)13-5-3-2-4-11(13)16/h2-5H,6-8H2,1H3,(H2,17,18,19,20,21). The molecule has 0 saturated carbocycles. The lowest BCUT2D eigenvalue weighted by atomic mass is 10.1. The molecular formula is C15H15ClN4O3S2. The molecule has 25 heavy (non-hydrogen) atoms. The van der Waals surface area contributed by atoms with Gasteiger partial charge in [-0.3, -0.25) is 5.32 Å². The molecule has 0 aliphatic carbocycles. The van der Waals surface area contributed by atoms with Crippen LogP contribution in [0.5, 0.6) is 0 Å². The molecule has 2 N–H and O–H groups in total. The average Bonchev–Trinajstić information content (AvgIpc) is 2.54. The number of amides is 2.